The van der Waals surface area contributed by atoms with Gasteiger partial charge in [-0.2, -0.15) is 13.2 Å². The molecule has 84 valence electrons. The lowest BCUT2D eigenvalue weighted by atomic mass is 9.86. The summed E-state index contributed by atoms with van der Waals surface area (Å²) in [6.45, 7) is 1.83. The second kappa shape index (κ2) is 4.06. The SMILES string of the molecule is CCCC1(O)CCOC(C(F)(F)F)C1. The first-order chi connectivity index (χ1) is 6.37. The minimum Gasteiger partial charge on any atom is -0.390 e. The van der Waals surface area contributed by atoms with Gasteiger partial charge in [-0.15, -0.1) is 0 Å². The number of alkyl halides is 3. The number of aliphatic hydroxyl groups is 1. The van der Waals surface area contributed by atoms with Crippen LogP contribution in [0, 0.1) is 0 Å². The zero-order valence-electron chi connectivity index (χ0n) is 8.10. The number of rotatable bonds is 2. The summed E-state index contributed by atoms with van der Waals surface area (Å²) in [5.41, 5.74) is -1.19. The zero-order chi connectivity index (χ0) is 10.8. The van der Waals surface area contributed by atoms with Crippen molar-refractivity contribution in [1.29, 1.82) is 0 Å². The Morgan fingerprint density at radius 3 is 2.64 bits per heavy atom. The van der Waals surface area contributed by atoms with Crippen LogP contribution in [0.4, 0.5) is 13.2 Å². The Hall–Kier alpha value is -0.290. The molecule has 1 fully saturated rings. The maximum atomic E-state index is 12.3. The van der Waals surface area contributed by atoms with Crippen molar-refractivity contribution >= 4 is 0 Å². The Labute approximate surface area is 81.1 Å². The van der Waals surface area contributed by atoms with E-state index in [0.29, 0.717) is 19.3 Å². The van der Waals surface area contributed by atoms with Gasteiger partial charge >= 0.3 is 6.18 Å². The van der Waals surface area contributed by atoms with E-state index < -0.39 is 17.9 Å². The molecule has 0 aliphatic carbocycles. The van der Waals surface area contributed by atoms with Gasteiger partial charge in [0.15, 0.2) is 6.10 Å². The molecule has 2 atom stereocenters. The lowest BCUT2D eigenvalue weighted by Gasteiger charge is -2.37. The van der Waals surface area contributed by atoms with Crippen molar-refractivity contribution in [3.8, 4) is 0 Å². The Kier molecular flexibility index (Phi) is 3.42. The van der Waals surface area contributed by atoms with E-state index in [1.54, 1.807) is 0 Å². The molecule has 0 saturated carbocycles. The fraction of sp³-hybridized carbons (Fsp3) is 1.00. The smallest absolute Gasteiger partial charge is 0.390 e. The zero-order valence-corrected chi connectivity index (χ0v) is 8.10. The van der Waals surface area contributed by atoms with Gasteiger partial charge in [-0.3, -0.25) is 0 Å². The van der Waals surface area contributed by atoms with Gasteiger partial charge in [0.25, 0.3) is 0 Å². The molecule has 1 rings (SSSR count). The quantitative estimate of drug-likeness (QED) is 0.760. The molecule has 1 aliphatic heterocycles. The fourth-order valence-corrected chi connectivity index (χ4v) is 1.80. The van der Waals surface area contributed by atoms with Crippen LogP contribution in [0.15, 0.2) is 0 Å². The molecule has 0 bridgehead atoms. The third kappa shape index (κ3) is 2.85. The molecule has 1 heterocycles. The summed E-state index contributed by atoms with van der Waals surface area (Å²) < 4.78 is 41.5. The molecule has 2 nitrogen and oxygen atoms in total. The number of hydrogen-bond donors (Lipinski definition) is 1. The van der Waals surface area contributed by atoms with Crippen molar-refractivity contribution in [2.45, 2.75) is 50.5 Å². The molecule has 1 saturated heterocycles. The van der Waals surface area contributed by atoms with E-state index in [-0.39, 0.29) is 13.0 Å². The van der Waals surface area contributed by atoms with Gasteiger partial charge in [0, 0.05) is 6.42 Å². The first kappa shape index (κ1) is 11.8. The third-order valence-corrected chi connectivity index (χ3v) is 2.53. The summed E-state index contributed by atoms with van der Waals surface area (Å²) in [5.74, 6) is 0. The Bertz CT molecular complexity index is 189. The van der Waals surface area contributed by atoms with Crippen LogP contribution in [0.5, 0.6) is 0 Å². The normalized spacial score (nSPS) is 34.5. The van der Waals surface area contributed by atoms with Crippen LogP contribution < -0.4 is 0 Å². The van der Waals surface area contributed by atoms with Crippen LogP contribution in [0.1, 0.15) is 32.6 Å². The molecule has 1 N–H and O–H groups in total. The molecule has 0 aromatic heterocycles. The molecule has 5 heteroatoms. The van der Waals surface area contributed by atoms with Gasteiger partial charge in [-0.1, -0.05) is 13.3 Å². The van der Waals surface area contributed by atoms with E-state index in [0.717, 1.165) is 0 Å². The second-order valence-electron chi connectivity index (χ2n) is 3.83. The van der Waals surface area contributed by atoms with E-state index >= 15 is 0 Å². The molecule has 1 aliphatic rings. The lowest BCUT2D eigenvalue weighted by Crippen LogP contribution is -2.46. The van der Waals surface area contributed by atoms with E-state index in [2.05, 4.69) is 4.74 Å². The highest BCUT2D eigenvalue weighted by Crippen LogP contribution is 2.36. The molecule has 2 unspecified atom stereocenters. The van der Waals surface area contributed by atoms with Crippen LogP contribution in [0.2, 0.25) is 0 Å². The summed E-state index contributed by atoms with van der Waals surface area (Å²) in [7, 11) is 0. The number of ether oxygens (including phenoxy) is 1. The highest BCUT2D eigenvalue weighted by Gasteiger charge is 2.47. The van der Waals surface area contributed by atoms with Gasteiger partial charge < -0.3 is 9.84 Å². The van der Waals surface area contributed by atoms with Gasteiger partial charge in [0.1, 0.15) is 0 Å². The predicted molar refractivity (Wildman–Crippen MR) is 44.9 cm³/mol. The number of hydrogen-bond acceptors (Lipinski definition) is 2. The maximum absolute atomic E-state index is 12.3. The standard InChI is InChI=1S/C9H15F3O2/c1-2-3-8(13)4-5-14-7(6-8)9(10,11)12/h7,13H,2-6H2,1H3. The van der Waals surface area contributed by atoms with Crippen molar-refractivity contribution < 1.29 is 23.0 Å². The van der Waals surface area contributed by atoms with E-state index in [4.69, 9.17) is 0 Å². The number of halogens is 3. The predicted octanol–water partition coefficient (Wildman–Crippen LogP) is 2.26. The maximum Gasteiger partial charge on any atom is 0.414 e. The largest absolute Gasteiger partial charge is 0.414 e. The summed E-state index contributed by atoms with van der Waals surface area (Å²) in [6, 6.07) is 0. The Balaban J connectivity index is 2.59. The van der Waals surface area contributed by atoms with Crippen molar-refractivity contribution in [3.05, 3.63) is 0 Å². The first-order valence-corrected chi connectivity index (χ1v) is 4.78. The molecule has 0 radical (unpaired) electrons. The molecule has 0 spiro atoms. The van der Waals surface area contributed by atoms with Gasteiger partial charge in [-0.05, 0) is 12.8 Å². The molecule has 0 aromatic carbocycles. The average molecular weight is 212 g/mol. The monoisotopic (exact) mass is 212 g/mol. The van der Waals surface area contributed by atoms with Gasteiger partial charge in [-0.25, -0.2) is 0 Å². The molecule has 14 heavy (non-hydrogen) atoms. The van der Waals surface area contributed by atoms with Crippen LogP contribution >= 0.6 is 0 Å². The third-order valence-electron chi connectivity index (χ3n) is 2.53. The molecule has 0 amide bonds. The highest BCUT2D eigenvalue weighted by molar-refractivity contribution is 4.88. The van der Waals surface area contributed by atoms with Gasteiger partial charge in [0.2, 0.25) is 0 Å². The van der Waals surface area contributed by atoms with Crippen molar-refractivity contribution in [2.75, 3.05) is 6.61 Å². The van der Waals surface area contributed by atoms with E-state index in [1.807, 2.05) is 6.92 Å². The van der Waals surface area contributed by atoms with Crippen molar-refractivity contribution in [3.63, 3.8) is 0 Å². The van der Waals surface area contributed by atoms with Crippen LogP contribution in [0.25, 0.3) is 0 Å². The Morgan fingerprint density at radius 2 is 2.14 bits per heavy atom. The topological polar surface area (TPSA) is 29.5 Å². The minimum atomic E-state index is -4.36. The second-order valence-corrected chi connectivity index (χ2v) is 3.83. The van der Waals surface area contributed by atoms with Crippen LogP contribution in [0.3, 0.4) is 0 Å². The minimum absolute atomic E-state index is 0.0132. The summed E-state index contributed by atoms with van der Waals surface area (Å²) in [5, 5.41) is 9.83. The molecular weight excluding hydrogens is 197 g/mol. The lowest BCUT2D eigenvalue weighted by molar-refractivity contribution is -0.253. The van der Waals surface area contributed by atoms with Crippen molar-refractivity contribution in [2.24, 2.45) is 0 Å². The summed E-state index contributed by atoms with van der Waals surface area (Å²) in [6.07, 6.45) is -5.10. The van der Waals surface area contributed by atoms with E-state index in [9.17, 15) is 18.3 Å². The van der Waals surface area contributed by atoms with Crippen LogP contribution in [-0.2, 0) is 4.74 Å². The van der Waals surface area contributed by atoms with Gasteiger partial charge in [0.05, 0.1) is 12.2 Å². The molecule has 0 aromatic rings. The first-order valence-electron chi connectivity index (χ1n) is 4.78. The summed E-state index contributed by atoms with van der Waals surface area (Å²) in [4.78, 5) is 0. The average Bonchev–Trinajstić information content (AvgIpc) is 2.02. The Morgan fingerprint density at radius 1 is 1.50 bits per heavy atom. The summed E-state index contributed by atoms with van der Waals surface area (Å²) >= 11 is 0. The van der Waals surface area contributed by atoms with E-state index in [1.165, 1.54) is 0 Å². The molecular formula is C9H15F3O2. The van der Waals surface area contributed by atoms with Crippen molar-refractivity contribution in [1.82, 2.24) is 0 Å². The highest BCUT2D eigenvalue weighted by atomic mass is 19.4. The fourth-order valence-electron chi connectivity index (χ4n) is 1.80. The van der Waals surface area contributed by atoms with Crippen LogP contribution in [-0.4, -0.2) is 29.6 Å².